The fourth-order valence-corrected chi connectivity index (χ4v) is 4.52. The van der Waals surface area contributed by atoms with Gasteiger partial charge in [-0.2, -0.15) is 0 Å². The number of ether oxygens (including phenoxy) is 4. The molecular weight excluding hydrogens is 461 g/mol. The van der Waals surface area contributed by atoms with Gasteiger partial charge in [-0.1, -0.05) is 85.5 Å². The van der Waals surface area contributed by atoms with E-state index >= 15 is 0 Å². The van der Waals surface area contributed by atoms with Gasteiger partial charge in [0.05, 0.1) is 0 Å². The van der Waals surface area contributed by atoms with Crippen LogP contribution in [0.1, 0.15) is 118 Å². The third-order valence-electron chi connectivity index (χ3n) is 6.37. The number of aliphatic carboxylic acids is 1. The molecule has 6 atom stereocenters. The Balaban J connectivity index is 0. The van der Waals surface area contributed by atoms with Crippen molar-refractivity contribution in [1.29, 1.82) is 0 Å². The Labute approximate surface area is 235 Å². The van der Waals surface area contributed by atoms with E-state index < -0.39 is 43.0 Å². The van der Waals surface area contributed by atoms with E-state index in [2.05, 4.69) is 13.8 Å². The van der Waals surface area contributed by atoms with Gasteiger partial charge in [0.2, 0.25) is 0 Å². The van der Waals surface area contributed by atoms with Crippen LogP contribution in [0, 0.1) is 0 Å². The Morgan fingerprint density at radius 2 is 1.03 bits per heavy atom. The molecule has 0 aliphatic carbocycles. The van der Waals surface area contributed by atoms with Crippen LogP contribution in [0.5, 0.6) is 0 Å². The Morgan fingerprint density at radius 3 is 1.43 bits per heavy atom. The van der Waals surface area contributed by atoms with Crippen LogP contribution >= 0.6 is 0 Å². The fourth-order valence-electron chi connectivity index (χ4n) is 4.52. The van der Waals surface area contributed by atoms with E-state index in [0.717, 1.165) is 25.7 Å². The van der Waals surface area contributed by atoms with E-state index in [-0.39, 0.29) is 48.9 Å². The third kappa shape index (κ3) is 12.8. The van der Waals surface area contributed by atoms with Crippen molar-refractivity contribution in [3.63, 3.8) is 0 Å². The monoisotopic (exact) mass is 512 g/mol. The zero-order valence-electron chi connectivity index (χ0n) is 22.0. The van der Waals surface area contributed by atoms with Crippen LogP contribution in [-0.4, -0.2) is 83.4 Å². The number of ketones is 1. The Morgan fingerprint density at radius 1 is 0.657 bits per heavy atom. The number of carbonyl (C=O) groups excluding carboxylic acids is 1. The number of unbranched alkanes of at least 4 members (excludes halogenated alkanes) is 10. The predicted octanol–water partition coefficient (Wildman–Crippen LogP) is 5.80. The molecule has 1 radical (unpaired) electrons. The zero-order valence-corrected chi connectivity index (χ0v) is 24.0. The van der Waals surface area contributed by atoms with Crippen LogP contribution in [0.15, 0.2) is 0 Å². The number of Topliss-reactive ketones (excluding diaryl/α,β-unsaturated/α-hetero) is 1. The van der Waals surface area contributed by atoms with Crippen molar-refractivity contribution in [3.05, 3.63) is 0 Å². The van der Waals surface area contributed by atoms with Crippen molar-refractivity contribution in [2.75, 3.05) is 0 Å². The van der Waals surface area contributed by atoms with Gasteiger partial charge in [-0.3, -0.25) is 4.79 Å². The number of carbonyl (C=O) groups is 2. The van der Waals surface area contributed by atoms with Crippen molar-refractivity contribution < 1.29 is 33.6 Å². The quantitative estimate of drug-likeness (QED) is 0.185. The van der Waals surface area contributed by atoms with Crippen LogP contribution in [0.25, 0.3) is 0 Å². The topological polar surface area (TPSA) is 126 Å². The summed E-state index contributed by atoms with van der Waals surface area (Å²) in [4.78, 5) is 24.0. The second-order valence-corrected chi connectivity index (χ2v) is 9.24. The summed E-state index contributed by atoms with van der Waals surface area (Å²) in [6, 6.07) is 0. The van der Waals surface area contributed by atoms with Crippen LogP contribution in [-0.2, 0) is 28.5 Å². The maximum absolute atomic E-state index is 12.2. The van der Waals surface area contributed by atoms with Gasteiger partial charge < -0.3 is 30.2 Å². The summed E-state index contributed by atoms with van der Waals surface area (Å²) in [7, 11) is 0. The van der Waals surface area contributed by atoms with Crippen molar-refractivity contribution in [1.82, 2.24) is 6.15 Å². The second kappa shape index (κ2) is 20.9. The number of hydrogen-bond acceptors (Lipinski definition) is 7. The molecule has 9 heteroatoms. The Hall–Kier alpha value is -0.0600. The summed E-state index contributed by atoms with van der Waals surface area (Å²) in [5.41, 5.74) is 0. The molecule has 0 saturated carbocycles. The first-order chi connectivity index (χ1) is 15.5. The maximum atomic E-state index is 12.2. The Bertz CT molecular complexity index is 518. The van der Waals surface area contributed by atoms with Crippen LogP contribution in [0.2, 0.25) is 0 Å². The number of hydrogen-bond donors (Lipinski definition) is 2. The summed E-state index contributed by atoms with van der Waals surface area (Å²) in [5, 5.41) is 9.68. The first kappa shape index (κ1) is 37.1. The molecule has 203 valence electrons. The van der Waals surface area contributed by atoms with Crippen molar-refractivity contribution in [3.8, 4) is 0 Å². The van der Waals surface area contributed by atoms with E-state index in [1.807, 2.05) is 0 Å². The average Bonchev–Trinajstić information content (AvgIpc) is 3.37. The molecule has 0 spiro atoms. The summed E-state index contributed by atoms with van der Waals surface area (Å²) >= 11 is 0. The van der Waals surface area contributed by atoms with Gasteiger partial charge in [0, 0.05) is 29.6 Å². The molecule has 0 bridgehead atoms. The minimum Gasteiger partial charge on any atom is -0.479 e. The Kier molecular flexibility index (Phi) is 22.2. The second-order valence-electron chi connectivity index (χ2n) is 9.24. The van der Waals surface area contributed by atoms with Gasteiger partial charge in [-0.15, -0.1) is 0 Å². The van der Waals surface area contributed by atoms with Gasteiger partial charge in [0.25, 0.3) is 0 Å². The molecule has 2 heterocycles. The van der Waals surface area contributed by atoms with E-state index in [1.165, 1.54) is 58.3 Å². The van der Waals surface area contributed by atoms with Crippen LogP contribution in [0.4, 0.5) is 0 Å². The first-order valence-electron chi connectivity index (χ1n) is 12.8. The molecule has 2 rings (SSSR count). The fraction of sp³-hybridized carbons (Fsp3) is 0.923. The standard InChI is InChI=1S/C25H44O7.CH4.H3N.Na/c1-4-6-8-10-12-14-16-19-29-21(18(3)26)22(30-19)23-24(25(27)28)32-20(31-23)17-15-13-11-9-7-5-2;;;/h19-24H,4-17H2,1-3H3,(H,27,28);1H4;1H3;/t19?,20?,21-,22+,23+,24-;;;/m0.../s1. The zero-order chi connectivity index (χ0) is 23.3. The van der Waals surface area contributed by atoms with Gasteiger partial charge in [0.1, 0.15) is 18.3 Å². The molecule has 2 aliphatic heterocycles. The van der Waals surface area contributed by atoms with Gasteiger partial charge >= 0.3 is 5.97 Å². The third-order valence-corrected chi connectivity index (χ3v) is 6.37. The summed E-state index contributed by atoms with van der Waals surface area (Å²) < 4.78 is 23.6. The summed E-state index contributed by atoms with van der Waals surface area (Å²) in [6.45, 7) is 5.83. The van der Waals surface area contributed by atoms with Crippen LogP contribution < -0.4 is 6.15 Å². The molecule has 0 aromatic carbocycles. The minimum atomic E-state index is -1.15. The molecule has 2 unspecified atom stereocenters. The largest absolute Gasteiger partial charge is 0.479 e. The number of carboxylic acids is 1. The smallest absolute Gasteiger partial charge is 0.335 e. The van der Waals surface area contributed by atoms with E-state index in [1.54, 1.807) is 0 Å². The predicted molar refractivity (Wildman–Crippen MR) is 139 cm³/mol. The van der Waals surface area contributed by atoms with Crippen molar-refractivity contribution in [2.45, 2.75) is 155 Å². The molecule has 2 fully saturated rings. The molecule has 2 aliphatic rings. The van der Waals surface area contributed by atoms with E-state index in [9.17, 15) is 14.7 Å². The SMILES string of the molecule is C.CCCCCCCCC1O[C@H]([C@@H]2OC(CCCCCCCC)O[C@H]2C(C)=O)[C@@H](C(=O)O)O1.N.[Na]. The maximum Gasteiger partial charge on any atom is 0.335 e. The van der Waals surface area contributed by atoms with E-state index in [4.69, 9.17) is 18.9 Å². The van der Waals surface area contributed by atoms with E-state index in [0.29, 0.717) is 12.8 Å². The van der Waals surface area contributed by atoms with Crippen molar-refractivity contribution in [2.24, 2.45) is 0 Å². The van der Waals surface area contributed by atoms with Crippen molar-refractivity contribution >= 4 is 41.3 Å². The summed E-state index contributed by atoms with van der Waals surface area (Å²) in [5.74, 6) is -1.27. The molecule has 8 nitrogen and oxygen atoms in total. The number of carboxylic acid groups (broad SMARTS) is 1. The molecule has 0 aromatic heterocycles. The molecular formula is C26H51NNaO7. The first-order valence-corrected chi connectivity index (χ1v) is 12.8. The normalized spacial score (nSPS) is 27.5. The molecule has 0 amide bonds. The molecule has 4 N–H and O–H groups in total. The minimum absolute atomic E-state index is 0. The van der Waals surface area contributed by atoms with Gasteiger partial charge in [-0.05, 0) is 32.6 Å². The van der Waals surface area contributed by atoms with Gasteiger partial charge in [-0.25, -0.2) is 4.79 Å². The molecule has 0 aromatic rings. The number of rotatable bonds is 17. The van der Waals surface area contributed by atoms with Gasteiger partial charge in [0.15, 0.2) is 24.5 Å². The molecule has 2 saturated heterocycles. The van der Waals surface area contributed by atoms with Crippen LogP contribution in [0.3, 0.4) is 0 Å². The molecule has 35 heavy (non-hydrogen) atoms. The summed E-state index contributed by atoms with van der Waals surface area (Å²) in [6.07, 6.45) is 10.4. The average molecular weight is 513 g/mol.